The third-order valence-electron chi connectivity index (χ3n) is 3.88. The monoisotopic (exact) mass is 287 g/mol. The third kappa shape index (κ3) is 3.71. The molecule has 1 N–H and O–H groups in total. The minimum Gasteiger partial charge on any atom is -0.306 e. The predicted octanol–water partition coefficient (Wildman–Crippen LogP) is 5.35. The summed E-state index contributed by atoms with van der Waals surface area (Å²) in [5.74, 6) is 0.646. The van der Waals surface area contributed by atoms with Crippen molar-refractivity contribution in [3.05, 3.63) is 57.8 Å². The van der Waals surface area contributed by atoms with Crippen LogP contribution in [0.1, 0.15) is 61.6 Å². The second-order valence-electron chi connectivity index (χ2n) is 5.38. The van der Waals surface area contributed by atoms with E-state index in [0.717, 1.165) is 13.0 Å². The van der Waals surface area contributed by atoms with Crippen molar-refractivity contribution in [3.63, 3.8) is 0 Å². The summed E-state index contributed by atoms with van der Waals surface area (Å²) in [5.41, 5.74) is 2.81. The van der Waals surface area contributed by atoms with E-state index in [4.69, 9.17) is 0 Å². The van der Waals surface area contributed by atoms with Crippen molar-refractivity contribution >= 4 is 11.3 Å². The van der Waals surface area contributed by atoms with Gasteiger partial charge in [0.25, 0.3) is 0 Å². The lowest BCUT2D eigenvalue weighted by atomic mass is 9.95. The van der Waals surface area contributed by atoms with Crippen molar-refractivity contribution in [2.24, 2.45) is 0 Å². The van der Waals surface area contributed by atoms with Crippen LogP contribution in [0.3, 0.4) is 0 Å². The fourth-order valence-corrected chi connectivity index (χ4v) is 3.21. The Morgan fingerprint density at radius 3 is 2.30 bits per heavy atom. The Hall–Kier alpha value is -1.12. The molecule has 0 fully saturated rings. The number of rotatable bonds is 7. The zero-order valence-electron chi connectivity index (χ0n) is 12.7. The second-order valence-corrected chi connectivity index (χ2v) is 6.36. The lowest BCUT2D eigenvalue weighted by Crippen LogP contribution is -2.22. The van der Waals surface area contributed by atoms with E-state index in [9.17, 15) is 0 Å². The smallest absolute Gasteiger partial charge is 0.0671 e. The van der Waals surface area contributed by atoms with Gasteiger partial charge in [0.1, 0.15) is 0 Å². The summed E-state index contributed by atoms with van der Waals surface area (Å²) in [6.45, 7) is 7.80. The minimum absolute atomic E-state index is 0.334. The molecule has 0 spiro atoms. The van der Waals surface area contributed by atoms with Gasteiger partial charge in [0.2, 0.25) is 0 Å². The molecule has 0 radical (unpaired) electrons. The van der Waals surface area contributed by atoms with Gasteiger partial charge in [-0.15, -0.1) is 11.3 Å². The van der Waals surface area contributed by atoms with Crippen molar-refractivity contribution in [3.8, 4) is 0 Å². The first kappa shape index (κ1) is 15.3. The highest BCUT2D eigenvalue weighted by Crippen LogP contribution is 2.28. The highest BCUT2D eigenvalue weighted by atomic mass is 32.1. The molecule has 1 heterocycles. The maximum absolute atomic E-state index is 3.66. The van der Waals surface area contributed by atoms with Crippen molar-refractivity contribution < 1.29 is 0 Å². The standard InChI is InChI=1S/C18H25NS/c1-4-12-19-18(17-7-6-13-20-17)16-10-8-15(9-11-16)14(3)5-2/h6-11,13-14,18-19H,4-5,12H2,1-3H3. The van der Waals surface area contributed by atoms with Crippen LogP contribution in [0.5, 0.6) is 0 Å². The summed E-state index contributed by atoms with van der Waals surface area (Å²) < 4.78 is 0. The van der Waals surface area contributed by atoms with Crippen LogP contribution in [0.4, 0.5) is 0 Å². The molecule has 2 atom stereocenters. The molecular formula is C18H25NS. The number of benzene rings is 1. The molecule has 0 aliphatic heterocycles. The Morgan fingerprint density at radius 2 is 1.75 bits per heavy atom. The first-order valence-electron chi connectivity index (χ1n) is 7.62. The molecule has 0 bridgehead atoms. The van der Waals surface area contributed by atoms with Crippen LogP contribution in [-0.4, -0.2) is 6.54 Å². The average Bonchev–Trinajstić information content (AvgIpc) is 3.01. The fraction of sp³-hybridized carbons (Fsp3) is 0.444. The quantitative estimate of drug-likeness (QED) is 0.723. The van der Waals surface area contributed by atoms with Crippen LogP contribution in [0.25, 0.3) is 0 Å². The Labute approximate surface area is 127 Å². The Balaban J connectivity index is 2.20. The number of nitrogens with one attached hydrogen (secondary N) is 1. The lowest BCUT2D eigenvalue weighted by molar-refractivity contribution is 0.605. The predicted molar refractivity (Wildman–Crippen MR) is 89.6 cm³/mol. The summed E-state index contributed by atoms with van der Waals surface area (Å²) in [6, 6.07) is 13.8. The van der Waals surface area contributed by atoms with E-state index in [1.807, 2.05) is 11.3 Å². The van der Waals surface area contributed by atoms with Crippen LogP contribution in [0.15, 0.2) is 41.8 Å². The topological polar surface area (TPSA) is 12.0 Å². The molecule has 1 nitrogen and oxygen atoms in total. The Bertz CT molecular complexity index is 487. The summed E-state index contributed by atoms with van der Waals surface area (Å²) in [6.07, 6.45) is 2.36. The first-order chi connectivity index (χ1) is 9.76. The highest BCUT2D eigenvalue weighted by molar-refractivity contribution is 7.10. The van der Waals surface area contributed by atoms with Gasteiger partial charge in [-0.1, -0.05) is 51.1 Å². The number of thiophene rings is 1. The van der Waals surface area contributed by atoms with E-state index >= 15 is 0 Å². The summed E-state index contributed by atoms with van der Waals surface area (Å²) in [4.78, 5) is 1.40. The van der Waals surface area contributed by atoms with Gasteiger partial charge in [0.15, 0.2) is 0 Å². The zero-order valence-corrected chi connectivity index (χ0v) is 13.5. The SMILES string of the molecule is CCCNC(c1ccc(C(C)CC)cc1)c1cccs1. The van der Waals surface area contributed by atoms with Gasteiger partial charge in [0.05, 0.1) is 6.04 Å². The van der Waals surface area contributed by atoms with Crippen LogP contribution in [-0.2, 0) is 0 Å². The Morgan fingerprint density at radius 1 is 1.05 bits per heavy atom. The molecule has 1 aromatic heterocycles. The zero-order chi connectivity index (χ0) is 14.4. The number of hydrogen-bond acceptors (Lipinski definition) is 2. The van der Waals surface area contributed by atoms with E-state index in [1.165, 1.54) is 22.4 Å². The maximum atomic E-state index is 3.66. The molecule has 2 aromatic rings. The van der Waals surface area contributed by atoms with E-state index in [0.29, 0.717) is 12.0 Å². The van der Waals surface area contributed by atoms with Gasteiger partial charge in [-0.2, -0.15) is 0 Å². The molecular weight excluding hydrogens is 262 g/mol. The molecule has 1 aromatic carbocycles. The molecule has 2 heteroatoms. The van der Waals surface area contributed by atoms with E-state index in [2.05, 4.69) is 67.9 Å². The highest BCUT2D eigenvalue weighted by Gasteiger charge is 2.14. The molecule has 0 saturated carbocycles. The molecule has 2 unspecified atom stereocenters. The maximum Gasteiger partial charge on any atom is 0.0671 e. The number of hydrogen-bond donors (Lipinski definition) is 1. The van der Waals surface area contributed by atoms with Crippen molar-refractivity contribution in [1.82, 2.24) is 5.32 Å². The van der Waals surface area contributed by atoms with Crippen LogP contribution >= 0.6 is 11.3 Å². The van der Waals surface area contributed by atoms with Crippen LogP contribution in [0.2, 0.25) is 0 Å². The van der Waals surface area contributed by atoms with Crippen LogP contribution in [0, 0.1) is 0 Å². The van der Waals surface area contributed by atoms with E-state index in [1.54, 1.807) is 0 Å². The molecule has 108 valence electrons. The van der Waals surface area contributed by atoms with E-state index in [-0.39, 0.29) is 0 Å². The van der Waals surface area contributed by atoms with Crippen LogP contribution < -0.4 is 5.32 Å². The molecule has 0 aliphatic carbocycles. The second kappa shape index (κ2) is 7.61. The Kier molecular flexibility index (Phi) is 5.81. The van der Waals surface area contributed by atoms with Gasteiger partial charge in [0, 0.05) is 4.88 Å². The van der Waals surface area contributed by atoms with Crippen molar-refractivity contribution in [2.75, 3.05) is 6.54 Å². The largest absolute Gasteiger partial charge is 0.306 e. The lowest BCUT2D eigenvalue weighted by Gasteiger charge is -2.19. The first-order valence-corrected chi connectivity index (χ1v) is 8.50. The van der Waals surface area contributed by atoms with E-state index < -0.39 is 0 Å². The molecule has 2 rings (SSSR count). The normalized spacial score (nSPS) is 14.2. The average molecular weight is 287 g/mol. The fourth-order valence-electron chi connectivity index (χ4n) is 2.38. The molecule has 0 amide bonds. The molecule has 0 aliphatic rings. The van der Waals surface area contributed by atoms with Gasteiger partial charge in [-0.05, 0) is 47.9 Å². The molecule has 20 heavy (non-hydrogen) atoms. The summed E-state index contributed by atoms with van der Waals surface area (Å²) in [5, 5.41) is 5.82. The molecule has 0 saturated heterocycles. The minimum atomic E-state index is 0.334. The van der Waals surface area contributed by atoms with Gasteiger partial charge in [-0.25, -0.2) is 0 Å². The van der Waals surface area contributed by atoms with Gasteiger partial charge >= 0.3 is 0 Å². The summed E-state index contributed by atoms with van der Waals surface area (Å²) >= 11 is 1.83. The third-order valence-corrected chi connectivity index (χ3v) is 4.81. The summed E-state index contributed by atoms with van der Waals surface area (Å²) in [7, 11) is 0. The van der Waals surface area contributed by atoms with Gasteiger partial charge < -0.3 is 5.32 Å². The van der Waals surface area contributed by atoms with Crippen molar-refractivity contribution in [2.45, 2.75) is 45.6 Å². The van der Waals surface area contributed by atoms with Gasteiger partial charge in [-0.3, -0.25) is 0 Å². The van der Waals surface area contributed by atoms with Crippen molar-refractivity contribution in [1.29, 1.82) is 0 Å².